The minimum Gasteiger partial charge on any atom is -0.0845 e. The molecule has 0 fully saturated rings. The van der Waals surface area contributed by atoms with Crippen LogP contribution in [0.1, 0.15) is 40.5 Å². The minimum absolute atomic E-state index is 0.324. The van der Waals surface area contributed by atoms with E-state index in [0.29, 0.717) is 5.41 Å². The van der Waals surface area contributed by atoms with Crippen molar-refractivity contribution in [1.29, 1.82) is 0 Å². The first-order valence-electron chi connectivity index (χ1n) is 5.12. The lowest BCUT2D eigenvalue weighted by atomic mass is 9.75. The molecule has 0 saturated heterocycles. The van der Waals surface area contributed by atoms with Crippen LogP contribution in [0, 0.1) is 5.41 Å². The maximum atomic E-state index is 2.31. The normalized spacial score (nSPS) is 21.5. The second-order valence-corrected chi connectivity index (χ2v) is 4.40. The lowest BCUT2D eigenvalue weighted by Gasteiger charge is -2.29. The average molecular weight is 176 g/mol. The molecule has 0 N–H and O–H groups in total. The molecule has 0 aromatic rings. The summed E-state index contributed by atoms with van der Waals surface area (Å²) in [6, 6.07) is 0. The largest absolute Gasteiger partial charge is 0.0845 e. The van der Waals surface area contributed by atoms with Crippen LogP contribution in [0.3, 0.4) is 0 Å². The van der Waals surface area contributed by atoms with E-state index in [-0.39, 0.29) is 0 Å². The highest BCUT2D eigenvalue weighted by atomic mass is 14.3. The van der Waals surface area contributed by atoms with Crippen molar-refractivity contribution in [2.24, 2.45) is 5.41 Å². The van der Waals surface area contributed by atoms with Gasteiger partial charge in [0.15, 0.2) is 0 Å². The van der Waals surface area contributed by atoms with Crippen LogP contribution < -0.4 is 0 Å². The van der Waals surface area contributed by atoms with E-state index in [1.165, 1.54) is 11.1 Å². The predicted octanol–water partition coefficient (Wildman–Crippen LogP) is 4.26. The lowest BCUT2D eigenvalue weighted by Crippen LogP contribution is -2.16. The first kappa shape index (κ1) is 10.3. The van der Waals surface area contributed by atoms with Crippen molar-refractivity contribution in [2.75, 3.05) is 0 Å². The van der Waals surface area contributed by atoms with E-state index in [9.17, 15) is 0 Å². The van der Waals surface area contributed by atoms with Crippen LogP contribution in [0.4, 0.5) is 0 Å². The molecular weight excluding hydrogens is 156 g/mol. The smallest absolute Gasteiger partial charge is 0.00665 e. The van der Waals surface area contributed by atoms with Crippen LogP contribution in [0.25, 0.3) is 0 Å². The third-order valence-corrected chi connectivity index (χ3v) is 2.67. The predicted molar refractivity (Wildman–Crippen MR) is 59.7 cm³/mol. The zero-order valence-electron chi connectivity index (χ0n) is 9.22. The number of hydrogen-bond donors (Lipinski definition) is 0. The highest BCUT2D eigenvalue weighted by molar-refractivity contribution is 5.39. The zero-order valence-corrected chi connectivity index (χ0v) is 9.22. The monoisotopic (exact) mass is 176 g/mol. The summed E-state index contributed by atoms with van der Waals surface area (Å²) in [5, 5.41) is 0. The summed E-state index contributed by atoms with van der Waals surface area (Å²) >= 11 is 0. The SMILES string of the molecule is CCC=CC1=C(C)C=CCC1(C)C. The molecule has 0 aliphatic heterocycles. The molecular formula is C13H20. The molecule has 13 heavy (non-hydrogen) atoms. The van der Waals surface area contributed by atoms with Crippen LogP contribution in [0.5, 0.6) is 0 Å². The minimum atomic E-state index is 0.324. The van der Waals surface area contributed by atoms with Gasteiger partial charge in [0.25, 0.3) is 0 Å². The van der Waals surface area contributed by atoms with Crippen LogP contribution in [0.15, 0.2) is 35.5 Å². The fourth-order valence-corrected chi connectivity index (χ4v) is 1.86. The van der Waals surface area contributed by atoms with Gasteiger partial charge < -0.3 is 0 Å². The Labute approximate surface area is 82.0 Å². The summed E-state index contributed by atoms with van der Waals surface area (Å²) < 4.78 is 0. The van der Waals surface area contributed by atoms with Crippen molar-refractivity contribution < 1.29 is 0 Å². The van der Waals surface area contributed by atoms with Gasteiger partial charge in [-0.2, -0.15) is 0 Å². The van der Waals surface area contributed by atoms with Gasteiger partial charge in [0.1, 0.15) is 0 Å². The Morgan fingerprint density at radius 3 is 2.69 bits per heavy atom. The summed E-state index contributed by atoms with van der Waals surface area (Å²) in [6.45, 7) is 9.01. The zero-order chi connectivity index (χ0) is 9.90. The van der Waals surface area contributed by atoms with Gasteiger partial charge in [0, 0.05) is 0 Å². The standard InChI is InChI=1S/C13H20/c1-5-6-9-12-11(2)8-7-10-13(12,3)4/h6-9H,5,10H2,1-4H3. The Kier molecular flexibility index (Phi) is 3.13. The van der Waals surface area contributed by atoms with Crippen molar-refractivity contribution in [2.45, 2.75) is 40.5 Å². The maximum absolute atomic E-state index is 2.31. The lowest BCUT2D eigenvalue weighted by molar-refractivity contribution is 0.455. The maximum Gasteiger partial charge on any atom is -0.00665 e. The highest BCUT2D eigenvalue weighted by Gasteiger charge is 2.23. The van der Waals surface area contributed by atoms with Crippen molar-refractivity contribution >= 4 is 0 Å². The second kappa shape index (κ2) is 3.95. The molecule has 0 aromatic heterocycles. The Hall–Kier alpha value is -0.780. The third kappa shape index (κ3) is 2.33. The van der Waals surface area contributed by atoms with Crippen LogP contribution in [0.2, 0.25) is 0 Å². The van der Waals surface area contributed by atoms with E-state index in [2.05, 4.69) is 52.0 Å². The van der Waals surface area contributed by atoms with Crippen LogP contribution >= 0.6 is 0 Å². The summed E-state index contributed by atoms with van der Waals surface area (Å²) in [5.41, 5.74) is 3.24. The molecule has 0 radical (unpaired) electrons. The van der Waals surface area contributed by atoms with Gasteiger partial charge in [0.2, 0.25) is 0 Å². The molecule has 72 valence electrons. The molecule has 0 aromatic carbocycles. The fraction of sp³-hybridized carbons (Fsp3) is 0.538. The van der Waals surface area contributed by atoms with Gasteiger partial charge >= 0.3 is 0 Å². The summed E-state index contributed by atoms with van der Waals surface area (Å²) in [4.78, 5) is 0. The molecule has 0 nitrogen and oxygen atoms in total. The van der Waals surface area contributed by atoms with Gasteiger partial charge in [-0.25, -0.2) is 0 Å². The van der Waals surface area contributed by atoms with Crippen molar-refractivity contribution in [3.63, 3.8) is 0 Å². The molecule has 0 heteroatoms. The van der Waals surface area contributed by atoms with Crippen molar-refractivity contribution in [3.05, 3.63) is 35.5 Å². The Balaban J connectivity index is 2.98. The molecule has 0 atom stereocenters. The highest BCUT2D eigenvalue weighted by Crippen LogP contribution is 2.37. The Morgan fingerprint density at radius 1 is 1.46 bits per heavy atom. The molecule has 1 aliphatic carbocycles. The average Bonchev–Trinajstić information content (AvgIpc) is 2.02. The van der Waals surface area contributed by atoms with E-state index in [1.807, 2.05) is 0 Å². The third-order valence-electron chi connectivity index (χ3n) is 2.67. The van der Waals surface area contributed by atoms with E-state index >= 15 is 0 Å². The van der Waals surface area contributed by atoms with Gasteiger partial charge in [-0.15, -0.1) is 0 Å². The van der Waals surface area contributed by atoms with E-state index in [4.69, 9.17) is 0 Å². The molecule has 0 bridgehead atoms. The van der Waals surface area contributed by atoms with Gasteiger partial charge in [-0.3, -0.25) is 0 Å². The van der Waals surface area contributed by atoms with E-state index < -0.39 is 0 Å². The van der Waals surface area contributed by atoms with Crippen LogP contribution in [-0.2, 0) is 0 Å². The number of hydrogen-bond acceptors (Lipinski definition) is 0. The number of rotatable bonds is 2. The molecule has 0 amide bonds. The molecule has 0 unspecified atom stereocenters. The van der Waals surface area contributed by atoms with Gasteiger partial charge in [-0.05, 0) is 36.3 Å². The summed E-state index contributed by atoms with van der Waals surface area (Å²) in [7, 11) is 0. The van der Waals surface area contributed by atoms with E-state index in [1.54, 1.807) is 0 Å². The van der Waals surface area contributed by atoms with E-state index in [0.717, 1.165) is 12.8 Å². The first-order valence-corrected chi connectivity index (χ1v) is 5.12. The molecule has 0 spiro atoms. The van der Waals surface area contributed by atoms with Gasteiger partial charge in [0.05, 0.1) is 0 Å². The topological polar surface area (TPSA) is 0 Å². The van der Waals surface area contributed by atoms with Gasteiger partial charge in [-0.1, -0.05) is 45.1 Å². The number of allylic oxidation sites excluding steroid dienone is 6. The Morgan fingerprint density at radius 2 is 2.15 bits per heavy atom. The Bertz CT molecular complexity index is 262. The van der Waals surface area contributed by atoms with Crippen molar-refractivity contribution in [3.8, 4) is 0 Å². The summed E-state index contributed by atoms with van der Waals surface area (Å²) in [6.07, 6.45) is 11.3. The molecule has 0 saturated carbocycles. The molecule has 0 heterocycles. The fourth-order valence-electron chi connectivity index (χ4n) is 1.86. The van der Waals surface area contributed by atoms with Crippen LogP contribution in [-0.4, -0.2) is 0 Å². The quantitative estimate of drug-likeness (QED) is 0.590. The molecule has 1 aliphatic rings. The van der Waals surface area contributed by atoms with Crippen molar-refractivity contribution in [1.82, 2.24) is 0 Å². The second-order valence-electron chi connectivity index (χ2n) is 4.40. The first-order chi connectivity index (χ1) is 6.08. The molecule has 1 rings (SSSR count). The summed E-state index contributed by atoms with van der Waals surface area (Å²) in [5.74, 6) is 0.